The van der Waals surface area contributed by atoms with Gasteiger partial charge in [-0.1, -0.05) is 19.1 Å². The molecule has 0 aromatic heterocycles. The second-order valence-electron chi connectivity index (χ2n) is 4.50. The van der Waals surface area contributed by atoms with Crippen LogP contribution in [-0.2, 0) is 4.74 Å². The molecule has 2 rings (SSSR count). The second-order valence-corrected chi connectivity index (χ2v) is 4.50. The molecule has 1 saturated heterocycles. The van der Waals surface area contributed by atoms with Gasteiger partial charge in [-0.2, -0.15) is 0 Å². The van der Waals surface area contributed by atoms with Crippen LogP contribution in [0.15, 0.2) is 18.2 Å². The summed E-state index contributed by atoms with van der Waals surface area (Å²) in [6, 6.07) is 5.92. The summed E-state index contributed by atoms with van der Waals surface area (Å²) in [5.74, 6) is 0.842. The Labute approximate surface area is 90.9 Å². The molecule has 0 unspecified atom stereocenters. The minimum absolute atomic E-state index is 0.412. The molecule has 15 heavy (non-hydrogen) atoms. The third kappa shape index (κ3) is 2.72. The molecule has 1 aliphatic rings. The van der Waals surface area contributed by atoms with Crippen LogP contribution in [0.1, 0.15) is 36.8 Å². The summed E-state index contributed by atoms with van der Waals surface area (Å²) >= 11 is 0. The van der Waals surface area contributed by atoms with E-state index < -0.39 is 0 Å². The largest absolute Gasteiger partial charge is 0.508 e. The molecule has 2 nitrogen and oxygen atoms in total. The van der Waals surface area contributed by atoms with Crippen molar-refractivity contribution in [3.63, 3.8) is 0 Å². The fourth-order valence-corrected chi connectivity index (χ4v) is 1.90. The van der Waals surface area contributed by atoms with E-state index in [2.05, 4.69) is 13.0 Å². The van der Waals surface area contributed by atoms with Crippen molar-refractivity contribution in [3.05, 3.63) is 29.3 Å². The quantitative estimate of drug-likeness (QED) is 0.768. The van der Waals surface area contributed by atoms with Crippen molar-refractivity contribution in [1.82, 2.24) is 0 Å². The first-order chi connectivity index (χ1) is 7.16. The van der Waals surface area contributed by atoms with Gasteiger partial charge >= 0.3 is 0 Å². The molecule has 0 saturated carbocycles. The van der Waals surface area contributed by atoms with Crippen LogP contribution >= 0.6 is 0 Å². The number of aromatic hydroxyl groups is 1. The van der Waals surface area contributed by atoms with E-state index in [1.165, 1.54) is 0 Å². The number of rotatable bonds is 4. The molecule has 1 aromatic rings. The Morgan fingerprint density at radius 3 is 2.87 bits per heavy atom. The molecular weight excluding hydrogens is 188 g/mol. The molecule has 1 N–H and O–H groups in total. The average molecular weight is 206 g/mol. The summed E-state index contributed by atoms with van der Waals surface area (Å²) < 4.78 is 5.18. The van der Waals surface area contributed by atoms with E-state index in [1.807, 2.05) is 19.1 Å². The summed E-state index contributed by atoms with van der Waals surface area (Å²) in [5, 5.41) is 9.81. The van der Waals surface area contributed by atoms with Crippen molar-refractivity contribution in [2.24, 2.45) is 0 Å². The highest BCUT2D eigenvalue weighted by Gasteiger charge is 2.23. The number of epoxide rings is 1. The highest BCUT2D eigenvalue weighted by atomic mass is 16.6. The van der Waals surface area contributed by atoms with Crippen LogP contribution in [0.2, 0.25) is 0 Å². The van der Waals surface area contributed by atoms with Gasteiger partial charge in [0.05, 0.1) is 12.7 Å². The van der Waals surface area contributed by atoms with Crippen molar-refractivity contribution in [2.45, 2.75) is 38.7 Å². The molecule has 0 aliphatic carbocycles. The van der Waals surface area contributed by atoms with Crippen LogP contribution in [-0.4, -0.2) is 17.8 Å². The monoisotopic (exact) mass is 206 g/mol. The lowest BCUT2D eigenvalue weighted by Crippen LogP contribution is -1.97. The van der Waals surface area contributed by atoms with Crippen molar-refractivity contribution in [2.75, 3.05) is 6.61 Å². The van der Waals surface area contributed by atoms with E-state index in [-0.39, 0.29) is 0 Å². The van der Waals surface area contributed by atoms with Gasteiger partial charge in [0.1, 0.15) is 5.75 Å². The van der Waals surface area contributed by atoms with Gasteiger partial charge in [-0.25, -0.2) is 0 Å². The van der Waals surface area contributed by atoms with Gasteiger partial charge in [-0.15, -0.1) is 0 Å². The zero-order chi connectivity index (χ0) is 10.8. The van der Waals surface area contributed by atoms with Gasteiger partial charge in [0.2, 0.25) is 0 Å². The molecule has 1 heterocycles. The number of hydrogen-bond donors (Lipinski definition) is 1. The number of hydrogen-bond acceptors (Lipinski definition) is 2. The number of aryl methyl sites for hydroxylation is 1. The van der Waals surface area contributed by atoms with Gasteiger partial charge in [0.15, 0.2) is 0 Å². The van der Waals surface area contributed by atoms with E-state index in [1.54, 1.807) is 0 Å². The van der Waals surface area contributed by atoms with Crippen molar-refractivity contribution in [3.8, 4) is 5.75 Å². The second kappa shape index (κ2) is 4.23. The van der Waals surface area contributed by atoms with E-state index in [9.17, 15) is 5.11 Å². The SMILES string of the molecule is Cc1ccc([C@H](C)CC[C@@H]2CO2)c(O)c1. The Morgan fingerprint density at radius 2 is 2.27 bits per heavy atom. The van der Waals surface area contributed by atoms with Crippen LogP contribution in [0, 0.1) is 6.92 Å². The third-order valence-electron chi connectivity index (χ3n) is 3.04. The van der Waals surface area contributed by atoms with Gasteiger partial charge in [0.25, 0.3) is 0 Å². The summed E-state index contributed by atoms with van der Waals surface area (Å²) in [4.78, 5) is 0. The molecule has 1 aliphatic heterocycles. The van der Waals surface area contributed by atoms with E-state index in [0.29, 0.717) is 17.8 Å². The van der Waals surface area contributed by atoms with Crippen LogP contribution < -0.4 is 0 Å². The molecule has 2 heteroatoms. The molecule has 0 radical (unpaired) electrons. The molecule has 0 bridgehead atoms. The lowest BCUT2D eigenvalue weighted by molar-refractivity contribution is 0.384. The maximum absolute atomic E-state index is 9.81. The Bertz CT molecular complexity index is 342. The Balaban J connectivity index is 1.99. The molecule has 1 fully saturated rings. The first kappa shape index (κ1) is 10.5. The highest BCUT2D eigenvalue weighted by Crippen LogP contribution is 2.31. The summed E-state index contributed by atoms with van der Waals surface area (Å²) in [5.41, 5.74) is 2.16. The predicted octanol–water partition coefficient (Wildman–Crippen LogP) is 2.98. The van der Waals surface area contributed by atoms with Crippen molar-refractivity contribution < 1.29 is 9.84 Å². The Hall–Kier alpha value is -1.02. The fourth-order valence-electron chi connectivity index (χ4n) is 1.90. The normalized spacial score (nSPS) is 21.3. The smallest absolute Gasteiger partial charge is 0.119 e. The maximum atomic E-state index is 9.81. The van der Waals surface area contributed by atoms with Gasteiger partial charge in [0, 0.05) is 0 Å². The lowest BCUT2D eigenvalue weighted by Gasteiger charge is -2.13. The molecule has 1 aromatic carbocycles. The summed E-state index contributed by atoms with van der Waals surface area (Å²) in [6.07, 6.45) is 2.68. The first-order valence-electron chi connectivity index (χ1n) is 5.58. The van der Waals surface area contributed by atoms with Crippen LogP contribution in [0.5, 0.6) is 5.75 Å². The van der Waals surface area contributed by atoms with Gasteiger partial charge in [-0.3, -0.25) is 0 Å². The van der Waals surface area contributed by atoms with Crippen molar-refractivity contribution >= 4 is 0 Å². The minimum atomic E-state index is 0.412. The van der Waals surface area contributed by atoms with Crippen molar-refractivity contribution in [1.29, 1.82) is 0 Å². The number of phenols is 1. The number of phenolic OH excluding ortho intramolecular Hbond substituents is 1. The zero-order valence-corrected chi connectivity index (χ0v) is 9.36. The molecule has 2 atom stereocenters. The highest BCUT2D eigenvalue weighted by molar-refractivity contribution is 5.38. The fraction of sp³-hybridized carbons (Fsp3) is 0.538. The maximum Gasteiger partial charge on any atom is 0.119 e. The average Bonchev–Trinajstić information content (AvgIpc) is 2.97. The topological polar surface area (TPSA) is 32.8 Å². The molecule has 0 spiro atoms. The number of benzene rings is 1. The summed E-state index contributed by atoms with van der Waals surface area (Å²) in [6.45, 7) is 5.07. The van der Waals surface area contributed by atoms with Crippen LogP contribution in [0.25, 0.3) is 0 Å². The standard InChI is InChI=1S/C13H18O2/c1-9-3-6-12(13(14)7-9)10(2)4-5-11-8-15-11/h3,6-7,10-11,14H,4-5,8H2,1-2H3/t10-,11-/m1/s1. The minimum Gasteiger partial charge on any atom is -0.508 e. The molecule has 0 amide bonds. The lowest BCUT2D eigenvalue weighted by atomic mass is 9.94. The van der Waals surface area contributed by atoms with Crippen LogP contribution in [0.4, 0.5) is 0 Å². The van der Waals surface area contributed by atoms with E-state index >= 15 is 0 Å². The summed E-state index contributed by atoms with van der Waals surface area (Å²) in [7, 11) is 0. The first-order valence-corrected chi connectivity index (χ1v) is 5.58. The molecular formula is C13H18O2. The Kier molecular flexibility index (Phi) is 2.96. The molecule has 82 valence electrons. The Morgan fingerprint density at radius 1 is 1.53 bits per heavy atom. The third-order valence-corrected chi connectivity index (χ3v) is 3.04. The van der Waals surface area contributed by atoms with Gasteiger partial charge < -0.3 is 9.84 Å². The van der Waals surface area contributed by atoms with Crippen LogP contribution in [0.3, 0.4) is 0 Å². The number of ether oxygens (including phenoxy) is 1. The van der Waals surface area contributed by atoms with Gasteiger partial charge in [-0.05, 0) is 42.9 Å². The predicted molar refractivity (Wildman–Crippen MR) is 60.2 cm³/mol. The van der Waals surface area contributed by atoms with E-state index in [0.717, 1.165) is 30.6 Å². The zero-order valence-electron chi connectivity index (χ0n) is 9.36. The van der Waals surface area contributed by atoms with E-state index in [4.69, 9.17) is 4.74 Å².